The van der Waals surface area contributed by atoms with E-state index in [-0.39, 0.29) is 0 Å². The van der Waals surface area contributed by atoms with Crippen LogP contribution in [0.25, 0.3) is 72.0 Å². The third-order valence-corrected chi connectivity index (χ3v) is 10.7. The second kappa shape index (κ2) is 14.4. The van der Waals surface area contributed by atoms with Gasteiger partial charge in [-0.25, -0.2) is 0 Å². The van der Waals surface area contributed by atoms with Crippen LogP contribution >= 0.6 is 0 Å². The lowest BCUT2D eigenvalue weighted by Crippen LogP contribution is -2.10. The van der Waals surface area contributed by atoms with Crippen LogP contribution in [0.15, 0.2) is 225 Å². The third-order valence-electron chi connectivity index (χ3n) is 10.7. The maximum absolute atomic E-state index is 4.49. The van der Waals surface area contributed by atoms with Gasteiger partial charge < -0.3 is 9.47 Å². The standard InChI is InChI=1S/C53H37N3/c1-4-13-38(14-5-1)39-23-27-44(28-24-39)55(47-31-32-48(41-15-6-2-7-16-41)51(36-47)42-17-8-3-9-18-42)45-29-25-40(26-30-45)43-19-12-20-46(35-43)56-52-22-11-10-21-49(52)50-33-34-54-37-53(50)56/h1-37H. The minimum Gasteiger partial charge on any atom is -0.310 e. The van der Waals surface area contributed by atoms with Gasteiger partial charge in [-0.05, 0) is 105 Å². The Kier molecular flexibility index (Phi) is 8.51. The predicted molar refractivity (Wildman–Crippen MR) is 235 cm³/mol. The van der Waals surface area contributed by atoms with E-state index in [0.29, 0.717) is 0 Å². The van der Waals surface area contributed by atoms with E-state index in [2.05, 4.69) is 227 Å². The zero-order valence-corrected chi connectivity index (χ0v) is 30.7. The van der Waals surface area contributed by atoms with Crippen molar-refractivity contribution in [1.29, 1.82) is 0 Å². The number of rotatable bonds is 8. The summed E-state index contributed by atoms with van der Waals surface area (Å²) in [6, 6.07) is 76.1. The van der Waals surface area contributed by atoms with Gasteiger partial charge in [0, 0.05) is 39.7 Å². The quantitative estimate of drug-likeness (QED) is 0.156. The number of hydrogen-bond donors (Lipinski definition) is 0. The van der Waals surface area contributed by atoms with Gasteiger partial charge in [-0.2, -0.15) is 0 Å². The van der Waals surface area contributed by atoms with Crippen LogP contribution in [0.5, 0.6) is 0 Å². The Bertz CT molecular complexity index is 2880. The highest BCUT2D eigenvalue weighted by Gasteiger charge is 2.18. The summed E-state index contributed by atoms with van der Waals surface area (Å²) in [5, 5.41) is 2.43. The van der Waals surface area contributed by atoms with Crippen LogP contribution in [0.1, 0.15) is 0 Å². The van der Waals surface area contributed by atoms with Crippen LogP contribution in [0.3, 0.4) is 0 Å². The summed E-state index contributed by atoms with van der Waals surface area (Å²) in [5.74, 6) is 0. The smallest absolute Gasteiger partial charge is 0.0724 e. The molecule has 2 heterocycles. The molecule has 2 aromatic heterocycles. The molecule has 0 unspecified atom stereocenters. The number of para-hydroxylation sites is 1. The van der Waals surface area contributed by atoms with E-state index < -0.39 is 0 Å². The molecule has 0 saturated heterocycles. The maximum atomic E-state index is 4.49. The number of fused-ring (bicyclic) bond motifs is 3. The van der Waals surface area contributed by atoms with Crippen molar-refractivity contribution in [1.82, 2.24) is 9.55 Å². The largest absolute Gasteiger partial charge is 0.310 e. The van der Waals surface area contributed by atoms with Crippen LogP contribution in [0.2, 0.25) is 0 Å². The molecule has 10 aromatic rings. The molecule has 0 N–H and O–H groups in total. The molecule has 0 aliphatic rings. The van der Waals surface area contributed by atoms with E-state index in [1.807, 2.05) is 12.4 Å². The molecule has 0 amide bonds. The van der Waals surface area contributed by atoms with Crippen molar-refractivity contribution >= 4 is 38.9 Å². The lowest BCUT2D eigenvalue weighted by atomic mass is 9.93. The van der Waals surface area contributed by atoms with E-state index >= 15 is 0 Å². The summed E-state index contributed by atoms with van der Waals surface area (Å²) in [6.07, 6.45) is 3.84. The fourth-order valence-electron chi connectivity index (χ4n) is 8.00. The van der Waals surface area contributed by atoms with Gasteiger partial charge in [-0.1, -0.05) is 152 Å². The predicted octanol–water partition coefficient (Wildman–Crippen LogP) is 14.3. The Labute approximate surface area is 327 Å². The summed E-state index contributed by atoms with van der Waals surface area (Å²) in [4.78, 5) is 6.85. The van der Waals surface area contributed by atoms with Gasteiger partial charge in [0.2, 0.25) is 0 Å². The number of aromatic nitrogens is 2. The molecule has 56 heavy (non-hydrogen) atoms. The number of anilines is 3. The Balaban J connectivity index is 1.07. The Morgan fingerprint density at radius 1 is 0.339 bits per heavy atom. The van der Waals surface area contributed by atoms with Crippen molar-refractivity contribution in [3.05, 3.63) is 225 Å². The summed E-state index contributed by atoms with van der Waals surface area (Å²) in [6.45, 7) is 0. The first-order chi connectivity index (χ1) is 27.8. The third kappa shape index (κ3) is 6.12. The fraction of sp³-hybridized carbons (Fsp3) is 0. The van der Waals surface area contributed by atoms with Crippen molar-refractivity contribution in [2.75, 3.05) is 4.90 Å². The van der Waals surface area contributed by atoms with Crippen LogP contribution in [-0.4, -0.2) is 9.55 Å². The average Bonchev–Trinajstić information content (AvgIpc) is 3.62. The highest BCUT2D eigenvalue weighted by atomic mass is 15.1. The molecule has 0 aliphatic heterocycles. The van der Waals surface area contributed by atoms with Gasteiger partial charge in [0.25, 0.3) is 0 Å². The monoisotopic (exact) mass is 715 g/mol. The van der Waals surface area contributed by atoms with Gasteiger partial charge in [0.05, 0.1) is 17.2 Å². The molecule has 0 fully saturated rings. The van der Waals surface area contributed by atoms with Crippen LogP contribution in [0.4, 0.5) is 17.1 Å². The average molecular weight is 716 g/mol. The van der Waals surface area contributed by atoms with E-state index in [0.717, 1.165) is 39.4 Å². The normalized spacial score (nSPS) is 11.2. The van der Waals surface area contributed by atoms with Crippen LogP contribution in [0, 0.1) is 0 Å². The van der Waals surface area contributed by atoms with Crippen molar-refractivity contribution < 1.29 is 0 Å². The van der Waals surface area contributed by atoms with Crippen LogP contribution in [-0.2, 0) is 0 Å². The lowest BCUT2D eigenvalue weighted by molar-refractivity contribution is 1.17. The maximum Gasteiger partial charge on any atom is 0.0724 e. The zero-order chi connectivity index (χ0) is 37.3. The molecular weight excluding hydrogens is 679 g/mol. The van der Waals surface area contributed by atoms with Gasteiger partial charge in [0.1, 0.15) is 0 Å². The van der Waals surface area contributed by atoms with Gasteiger partial charge in [-0.15, -0.1) is 0 Å². The van der Waals surface area contributed by atoms with Crippen molar-refractivity contribution in [3.63, 3.8) is 0 Å². The van der Waals surface area contributed by atoms with Crippen molar-refractivity contribution in [2.24, 2.45) is 0 Å². The SMILES string of the molecule is c1ccc(-c2ccc(N(c3ccc(-c4cccc(-n5c6ccccc6c6ccncc65)c4)cc3)c3ccc(-c4ccccc4)c(-c4ccccc4)c3)cc2)cc1. The van der Waals surface area contributed by atoms with Gasteiger partial charge >= 0.3 is 0 Å². The van der Waals surface area contributed by atoms with E-state index in [1.165, 1.54) is 49.7 Å². The molecular formula is C53H37N3. The van der Waals surface area contributed by atoms with Crippen molar-refractivity contribution in [3.8, 4) is 50.2 Å². The highest BCUT2D eigenvalue weighted by Crippen LogP contribution is 2.42. The first-order valence-electron chi connectivity index (χ1n) is 19.0. The molecule has 0 saturated carbocycles. The highest BCUT2D eigenvalue weighted by molar-refractivity contribution is 6.09. The van der Waals surface area contributed by atoms with E-state index in [4.69, 9.17) is 0 Å². The van der Waals surface area contributed by atoms with E-state index in [9.17, 15) is 0 Å². The molecule has 264 valence electrons. The molecule has 0 radical (unpaired) electrons. The van der Waals surface area contributed by atoms with Crippen molar-refractivity contribution in [2.45, 2.75) is 0 Å². The second-order valence-corrected chi connectivity index (χ2v) is 14.1. The van der Waals surface area contributed by atoms with Crippen LogP contribution < -0.4 is 4.90 Å². The zero-order valence-electron chi connectivity index (χ0n) is 30.7. The molecule has 3 nitrogen and oxygen atoms in total. The first-order valence-corrected chi connectivity index (χ1v) is 19.0. The lowest BCUT2D eigenvalue weighted by Gasteiger charge is -2.27. The fourth-order valence-corrected chi connectivity index (χ4v) is 8.00. The topological polar surface area (TPSA) is 21.1 Å². The summed E-state index contributed by atoms with van der Waals surface area (Å²) in [7, 11) is 0. The molecule has 8 aromatic carbocycles. The minimum atomic E-state index is 1.08. The molecule has 3 heteroatoms. The van der Waals surface area contributed by atoms with E-state index in [1.54, 1.807) is 0 Å². The van der Waals surface area contributed by atoms with Gasteiger partial charge in [-0.3, -0.25) is 4.98 Å². The van der Waals surface area contributed by atoms with Gasteiger partial charge in [0.15, 0.2) is 0 Å². The summed E-state index contributed by atoms with van der Waals surface area (Å²) >= 11 is 0. The Morgan fingerprint density at radius 3 is 1.54 bits per heavy atom. The molecule has 0 spiro atoms. The Hall–Kier alpha value is -7.49. The molecule has 0 aliphatic carbocycles. The summed E-state index contributed by atoms with van der Waals surface area (Å²) < 4.78 is 2.32. The second-order valence-electron chi connectivity index (χ2n) is 14.1. The number of pyridine rings is 1. The molecule has 0 atom stereocenters. The number of hydrogen-bond acceptors (Lipinski definition) is 2. The number of nitrogens with zero attached hydrogens (tertiary/aromatic N) is 3. The minimum absolute atomic E-state index is 1.08. The number of benzene rings is 8. The first kappa shape index (κ1) is 33.1. The summed E-state index contributed by atoms with van der Waals surface area (Å²) in [5.41, 5.74) is 16.1. The molecule has 0 bridgehead atoms. The molecule has 10 rings (SSSR count). The Morgan fingerprint density at radius 2 is 0.857 bits per heavy atom.